The Hall–Kier alpha value is -1.84. The third kappa shape index (κ3) is 3.63. The van der Waals surface area contributed by atoms with Gasteiger partial charge in [0.2, 0.25) is 0 Å². The highest BCUT2D eigenvalue weighted by Crippen LogP contribution is 2.26. The summed E-state index contributed by atoms with van der Waals surface area (Å²) in [6, 6.07) is 7.34. The van der Waals surface area contributed by atoms with Crippen LogP contribution in [0.5, 0.6) is 0 Å². The van der Waals surface area contributed by atoms with E-state index in [0.29, 0.717) is 18.4 Å². The van der Waals surface area contributed by atoms with E-state index in [4.69, 9.17) is 0 Å². The molecule has 21 heavy (non-hydrogen) atoms. The molecule has 1 aromatic rings. The number of carbonyl (C=O) groups excluding carboxylic acids is 1. The van der Waals surface area contributed by atoms with Crippen molar-refractivity contribution >= 4 is 11.9 Å². The molecule has 0 aliphatic rings. The Morgan fingerprint density at radius 3 is 2.05 bits per heavy atom. The molecule has 4 heteroatoms. The second kappa shape index (κ2) is 6.29. The van der Waals surface area contributed by atoms with Crippen LogP contribution in [0.4, 0.5) is 0 Å². The van der Waals surface area contributed by atoms with Crippen molar-refractivity contribution in [3.05, 3.63) is 35.4 Å². The Balaban J connectivity index is 3.19. The number of nitrogens with one attached hydrogen (secondary N) is 1. The highest BCUT2D eigenvalue weighted by Gasteiger charge is 2.37. The number of amides is 1. The van der Waals surface area contributed by atoms with Crippen LogP contribution in [-0.4, -0.2) is 22.5 Å². The van der Waals surface area contributed by atoms with E-state index in [9.17, 15) is 14.7 Å². The molecule has 0 fully saturated rings. The topological polar surface area (TPSA) is 66.4 Å². The van der Waals surface area contributed by atoms with E-state index < -0.39 is 11.5 Å². The third-order valence-electron chi connectivity index (χ3n) is 3.95. The van der Waals surface area contributed by atoms with E-state index in [-0.39, 0.29) is 11.3 Å². The number of aliphatic carboxylic acids is 1. The Bertz CT molecular complexity index is 525. The summed E-state index contributed by atoms with van der Waals surface area (Å²) < 4.78 is 0. The van der Waals surface area contributed by atoms with Gasteiger partial charge in [-0.2, -0.15) is 0 Å². The van der Waals surface area contributed by atoms with Crippen LogP contribution < -0.4 is 5.32 Å². The molecule has 1 aromatic carbocycles. The number of benzene rings is 1. The molecule has 0 unspecified atom stereocenters. The van der Waals surface area contributed by atoms with Gasteiger partial charge in [0.1, 0.15) is 5.54 Å². The summed E-state index contributed by atoms with van der Waals surface area (Å²) in [4.78, 5) is 24.1. The van der Waals surface area contributed by atoms with Crippen molar-refractivity contribution in [3.8, 4) is 0 Å². The zero-order chi connectivity index (χ0) is 16.3. The lowest BCUT2D eigenvalue weighted by molar-refractivity contribution is -0.144. The molecule has 4 nitrogen and oxygen atoms in total. The van der Waals surface area contributed by atoms with Crippen molar-refractivity contribution in [2.45, 2.75) is 58.4 Å². The molecule has 0 saturated carbocycles. The molecular formula is C17H25NO3. The Kier molecular flexibility index (Phi) is 5.15. The molecule has 1 amide bonds. The number of hydrogen-bond acceptors (Lipinski definition) is 2. The van der Waals surface area contributed by atoms with Crippen LogP contribution in [0.25, 0.3) is 0 Å². The first-order chi connectivity index (χ1) is 9.68. The minimum Gasteiger partial charge on any atom is -0.480 e. The summed E-state index contributed by atoms with van der Waals surface area (Å²) in [6.45, 7) is 9.64. The first-order valence-electron chi connectivity index (χ1n) is 7.33. The van der Waals surface area contributed by atoms with Crippen LogP contribution in [0, 0.1) is 0 Å². The van der Waals surface area contributed by atoms with Gasteiger partial charge in [0.05, 0.1) is 0 Å². The Morgan fingerprint density at radius 1 is 1.10 bits per heavy atom. The molecule has 1 rings (SSSR count). The van der Waals surface area contributed by atoms with Gasteiger partial charge in [0.25, 0.3) is 5.91 Å². The summed E-state index contributed by atoms with van der Waals surface area (Å²) >= 11 is 0. The van der Waals surface area contributed by atoms with Gasteiger partial charge in [-0.3, -0.25) is 4.79 Å². The van der Waals surface area contributed by atoms with Gasteiger partial charge in [-0.25, -0.2) is 4.79 Å². The van der Waals surface area contributed by atoms with Crippen LogP contribution in [0.2, 0.25) is 0 Å². The average molecular weight is 291 g/mol. The van der Waals surface area contributed by atoms with Crippen molar-refractivity contribution in [3.63, 3.8) is 0 Å². The number of carboxylic acid groups (broad SMARTS) is 1. The lowest BCUT2D eigenvalue weighted by Crippen LogP contribution is -2.54. The van der Waals surface area contributed by atoms with Crippen LogP contribution >= 0.6 is 0 Å². The molecule has 0 spiro atoms. The predicted octanol–water partition coefficient (Wildman–Crippen LogP) is 3.36. The first-order valence-corrected chi connectivity index (χ1v) is 7.33. The van der Waals surface area contributed by atoms with Crippen LogP contribution in [0.3, 0.4) is 0 Å². The standard InChI is InChI=1S/C17H25NO3/c1-6-17(7-2,15(20)21)18-14(19)12-10-8-9-11-13(12)16(3,4)5/h8-11H,6-7H2,1-5H3,(H,18,19)(H,20,21). The van der Waals surface area contributed by atoms with Gasteiger partial charge in [-0.1, -0.05) is 52.8 Å². The first kappa shape index (κ1) is 17.2. The molecule has 0 radical (unpaired) electrons. The van der Waals surface area contributed by atoms with Crippen LogP contribution in [-0.2, 0) is 10.2 Å². The predicted molar refractivity (Wildman–Crippen MR) is 83.6 cm³/mol. The zero-order valence-electron chi connectivity index (χ0n) is 13.5. The summed E-state index contributed by atoms with van der Waals surface area (Å²) in [5.74, 6) is -1.32. The number of hydrogen-bond donors (Lipinski definition) is 2. The molecule has 0 aliphatic carbocycles. The summed E-state index contributed by atoms with van der Waals surface area (Å²) in [6.07, 6.45) is 0.699. The van der Waals surface area contributed by atoms with E-state index in [1.807, 2.05) is 32.9 Å². The van der Waals surface area contributed by atoms with E-state index >= 15 is 0 Å². The van der Waals surface area contributed by atoms with Crippen molar-refractivity contribution < 1.29 is 14.7 Å². The molecule has 0 saturated heterocycles. The quantitative estimate of drug-likeness (QED) is 0.874. The molecule has 0 aromatic heterocycles. The molecule has 2 N–H and O–H groups in total. The highest BCUT2D eigenvalue weighted by atomic mass is 16.4. The lowest BCUT2D eigenvalue weighted by atomic mass is 9.83. The van der Waals surface area contributed by atoms with Crippen molar-refractivity contribution in [2.75, 3.05) is 0 Å². The zero-order valence-corrected chi connectivity index (χ0v) is 13.5. The van der Waals surface area contributed by atoms with Gasteiger partial charge in [-0.05, 0) is 29.9 Å². The number of carbonyl (C=O) groups is 2. The Morgan fingerprint density at radius 2 is 1.62 bits per heavy atom. The maximum absolute atomic E-state index is 12.6. The maximum atomic E-state index is 12.6. The summed E-state index contributed by atoms with van der Waals surface area (Å²) in [7, 11) is 0. The van der Waals surface area contributed by atoms with Crippen LogP contribution in [0.1, 0.15) is 63.4 Å². The molecule has 116 valence electrons. The lowest BCUT2D eigenvalue weighted by Gasteiger charge is -2.29. The highest BCUT2D eigenvalue weighted by molar-refractivity contribution is 5.99. The van der Waals surface area contributed by atoms with Crippen molar-refractivity contribution in [1.29, 1.82) is 0 Å². The monoisotopic (exact) mass is 291 g/mol. The second-order valence-corrected chi connectivity index (χ2v) is 6.34. The van der Waals surface area contributed by atoms with Crippen molar-refractivity contribution in [1.82, 2.24) is 5.32 Å². The summed E-state index contributed by atoms with van der Waals surface area (Å²) in [5, 5.41) is 12.2. The Labute approximate surface area is 126 Å². The second-order valence-electron chi connectivity index (χ2n) is 6.34. The third-order valence-corrected chi connectivity index (χ3v) is 3.95. The van der Waals surface area contributed by atoms with E-state index in [1.165, 1.54) is 0 Å². The smallest absolute Gasteiger partial charge is 0.329 e. The van der Waals surface area contributed by atoms with Gasteiger partial charge in [0.15, 0.2) is 0 Å². The minimum atomic E-state index is -1.21. The molecule has 0 aliphatic heterocycles. The van der Waals surface area contributed by atoms with Crippen LogP contribution in [0.15, 0.2) is 24.3 Å². The fraction of sp³-hybridized carbons (Fsp3) is 0.529. The molecule has 0 bridgehead atoms. The average Bonchev–Trinajstić information content (AvgIpc) is 2.43. The molecule has 0 heterocycles. The van der Waals surface area contributed by atoms with E-state index in [1.54, 1.807) is 26.0 Å². The minimum absolute atomic E-state index is 0.182. The van der Waals surface area contributed by atoms with Gasteiger partial charge >= 0.3 is 5.97 Å². The SMILES string of the molecule is CCC(CC)(NC(=O)c1ccccc1C(C)(C)C)C(=O)O. The fourth-order valence-electron chi connectivity index (χ4n) is 2.40. The maximum Gasteiger partial charge on any atom is 0.329 e. The van der Waals surface area contributed by atoms with Gasteiger partial charge < -0.3 is 10.4 Å². The number of rotatable bonds is 5. The summed E-state index contributed by atoms with van der Waals surface area (Å²) in [5.41, 5.74) is 0.0619. The van der Waals surface area contributed by atoms with Crippen molar-refractivity contribution in [2.24, 2.45) is 0 Å². The fourth-order valence-corrected chi connectivity index (χ4v) is 2.40. The van der Waals surface area contributed by atoms with E-state index in [0.717, 1.165) is 5.56 Å². The number of carboxylic acids is 1. The molecular weight excluding hydrogens is 266 g/mol. The van der Waals surface area contributed by atoms with Gasteiger partial charge in [-0.15, -0.1) is 0 Å². The van der Waals surface area contributed by atoms with Gasteiger partial charge in [0, 0.05) is 5.56 Å². The normalized spacial score (nSPS) is 12.0. The van der Waals surface area contributed by atoms with E-state index in [2.05, 4.69) is 5.32 Å². The largest absolute Gasteiger partial charge is 0.480 e. The molecule has 0 atom stereocenters.